The lowest BCUT2D eigenvalue weighted by Crippen LogP contribution is -2.04. The molecule has 18 heavy (non-hydrogen) atoms. The van der Waals surface area contributed by atoms with Crippen LogP contribution in [0.5, 0.6) is 5.88 Å². The van der Waals surface area contributed by atoms with Crippen LogP contribution in [0.2, 0.25) is 0 Å². The van der Waals surface area contributed by atoms with Gasteiger partial charge in [0.2, 0.25) is 5.88 Å². The van der Waals surface area contributed by atoms with Crippen LogP contribution in [-0.2, 0) is 17.3 Å². The molecule has 0 aliphatic carbocycles. The fourth-order valence-electron chi connectivity index (χ4n) is 1.76. The number of ether oxygens (including phenoxy) is 1. The van der Waals surface area contributed by atoms with E-state index in [-0.39, 0.29) is 0 Å². The number of aromatic amines is 1. The zero-order valence-corrected chi connectivity index (χ0v) is 11.9. The minimum absolute atomic E-state index is 0.560. The molecule has 2 heterocycles. The molecule has 0 aliphatic heterocycles. The molecule has 1 N–H and O–H groups in total. The number of H-pyrrole nitrogens is 1. The van der Waals surface area contributed by atoms with Gasteiger partial charge in [0.25, 0.3) is 0 Å². The largest absolute Gasteiger partial charge is 0.481 e. The van der Waals surface area contributed by atoms with E-state index >= 15 is 0 Å². The van der Waals surface area contributed by atoms with Gasteiger partial charge in [-0.15, -0.1) is 0 Å². The maximum Gasteiger partial charge on any atom is 0.215 e. The summed E-state index contributed by atoms with van der Waals surface area (Å²) in [5.74, 6) is 1.22. The second kappa shape index (κ2) is 5.62. The summed E-state index contributed by atoms with van der Waals surface area (Å²) in [4.78, 5) is 7.48. The van der Waals surface area contributed by atoms with E-state index < -0.39 is 10.8 Å². The van der Waals surface area contributed by atoms with Crippen molar-refractivity contribution < 1.29 is 8.95 Å². The topological polar surface area (TPSA) is 59.9 Å². The van der Waals surface area contributed by atoms with Crippen molar-refractivity contribution in [2.75, 3.05) is 19.1 Å². The molecule has 0 aliphatic rings. The Morgan fingerprint density at radius 3 is 3.00 bits per heavy atom. The third-order valence-corrected chi connectivity index (χ3v) is 3.80. The minimum atomic E-state index is -0.776. The second-order valence-electron chi connectivity index (χ2n) is 3.94. The maximum atomic E-state index is 11.1. The third-order valence-electron chi connectivity index (χ3n) is 2.61. The summed E-state index contributed by atoms with van der Waals surface area (Å²) in [5, 5.41) is 0. The van der Waals surface area contributed by atoms with Crippen LogP contribution in [0.15, 0.2) is 12.1 Å². The van der Waals surface area contributed by atoms with Gasteiger partial charge in [0.15, 0.2) is 10.4 Å². The Hall–Kier alpha value is -1.21. The number of aryl methyl sites for hydroxylation is 1. The van der Waals surface area contributed by atoms with Gasteiger partial charge >= 0.3 is 0 Å². The first-order chi connectivity index (χ1) is 8.61. The Morgan fingerprint density at radius 1 is 1.56 bits per heavy atom. The number of hydrogen-bond donors (Lipinski definition) is 1. The van der Waals surface area contributed by atoms with E-state index in [9.17, 15) is 4.21 Å². The van der Waals surface area contributed by atoms with Gasteiger partial charge in [0, 0.05) is 35.4 Å². The van der Waals surface area contributed by atoms with Gasteiger partial charge in [0.05, 0.1) is 12.6 Å². The summed E-state index contributed by atoms with van der Waals surface area (Å²) >= 11 is 5.26. The molecule has 1 unspecified atom stereocenters. The molecular formula is C11H15N3O2S2. The van der Waals surface area contributed by atoms with E-state index in [1.54, 1.807) is 19.4 Å². The predicted molar refractivity (Wildman–Crippen MR) is 75.0 cm³/mol. The molecule has 2 aromatic rings. The monoisotopic (exact) mass is 285 g/mol. The van der Waals surface area contributed by atoms with Crippen LogP contribution in [-0.4, -0.2) is 37.9 Å². The summed E-state index contributed by atoms with van der Waals surface area (Å²) < 4.78 is 18.7. The highest BCUT2D eigenvalue weighted by Crippen LogP contribution is 2.16. The average Bonchev–Trinajstić information content (AvgIpc) is 2.64. The van der Waals surface area contributed by atoms with Crippen molar-refractivity contribution in [1.82, 2.24) is 14.5 Å². The molecule has 1 atom stereocenters. The van der Waals surface area contributed by atoms with Crippen molar-refractivity contribution in [3.8, 4) is 5.88 Å². The van der Waals surface area contributed by atoms with Crippen molar-refractivity contribution in [2.45, 2.75) is 13.0 Å². The summed E-state index contributed by atoms with van der Waals surface area (Å²) in [6.07, 6.45) is 2.51. The molecule has 5 nitrogen and oxygen atoms in total. The highest BCUT2D eigenvalue weighted by molar-refractivity contribution is 7.84. The Balaban J connectivity index is 2.33. The van der Waals surface area contributed by atoms with Crippen LogP contribution in [0.3, 0.4) is 0 Å². The van der Waals surface area contributed by atoms with Gasteiger partial charge in [0.1, 0.15) is 0 Å². The lowest BCUT2D eigenvalue weighted by molar-refractivity contribution is 0.399. The van der Waals surface area contributed by atoms with E-state index in [4.69, 9.17) is 17.0 Å². The van der Waals surface area contributed by atoms with Crippen molar-refractivity contribution in [3.63, 3.8) is 0 Å². The summed E-state index contributed by atoms with van der Waals surface area (Å²) in [5.41, 5.74) is 1.67. The van der Waals surface area contributed by atoms with E-state index in [1.165, 1.54) is 0 Å². The number of aromatic nitrogens is 3. The molecule has 0 saturated carbocycles. The number of fused-ring (bicyclic) bond motifs is 1. The average molecular weight is 285 g/mol. The van der Waals surface area contributed by atoms with Gasteiger partial charge < -0.3 is 14.3 Å². The van der Waals surface area contributed by atoms with E-state index in [0.717, 1.165) is 17.6 Å². The predicted octanol–water partition coefficient (Wildman–Crippen LogP) is 1.87. The molecule has 0 saturated heterocycles. The number of hydrogen-bond acceptors (Lipinski definition) is 4. The Morgan fingerprint density at radius 2 is 2.33 bits per heavy atom. The van der Waals surface area contributed by atoms with Crippen LogP contribution in [0.4, 0.5) is 0 Å². The molecular weight excluding hydrogens is 270 g/mol. The number of rotatable bonds is 5. The van der Waals surface area contributed by atoms with E-state index in [1.807, 2.05) is 10.6 Å². The van der Waals surface area contributed by atoms with Gasteiger partial charge in [-0.05, 0) is 24.7 Å². The Bertz CT molecular complexity index is 633. The molecule has 2 rings (SSSR count). The molecule has 0 radical (unpaired) electrons. The molecule has 7 heteroatoms. The standard InChI is InChI=1S/C11H15N3O2S2/c1-16-9-5-4-8-10(13-9)14(11(17)12-8)6-3-7-18(2)15/h4-5H,3,6-7H2,1-2H3,(H,12,17). The second-order valence-corrected chi connectivity index (χ2v) is 5.88. The Labute approximate surface area is 113 Å². The van der Waals surface area contributed by atoms with Gasteiger partial charge in [-0.2, -0.15) is 4.98 Å². The van der Waals surface area contributed by atoms with E-state index in [2.05, 4.69) is 9.97 Å². The quantitative estimate of drug-likeness (QED) is 0.852. The lowest BCUT2D eigenvalue weighted by atomic mass is 10.4. The van der Waals surface area contributed by atoms with Crippen molar-refractivity contribution in [3.05, 3.63) is 16.9 Å². The van der Waals surface area contributed by atoms with Gasteiger partial charge in [-0.25, -0.2) is 0 Å². The summed E-state index contributed by atoms with van der Waals surface area (Å²) in [6, 6.07) is 3.69. The first-order valence-corrected chi connectivity index (χ1v) is 7.69. The zero-order chi connectivity index (χ0) is 13.1. The lowest BCUT2D eigenvalue weighted by Gasteiger charge is -2.04. The van der Waals surface area contributed by atoms with E-state index in [0.29, 0.717) is 22.9 Å². The summed E-state index contributed by atoms with van der Waals surface area (Å²) in [7, 11) is 0.807. The molecule has 0 bridgehead atoms. The number of pyridine rings is 1. The number of nitrogens with one attached hydrogen (secondary N) is 1. The molecule has 0 amide bonds. The first kappa shape index (κ1) is 13.2. The smallest absolute Gasteiger partial charge is 0.215 e. The first-order valence-electron chi connectivity index (χ1n) is 5.55. The van der Waals surface area contributed by atoms with Crippen LogP contribution >= 0.6 is 12.2 Å². The number of imidazole rings is 1. The fourth-order valence-corrected chi connectivity index (χ4v) is 2.58. The van der Waals surface area contributed by atoms with Gasteiger partial charge in [-0.3, -0.25) is 4.21 Å². The Kier molecular flexibility index (Phi) is 4.13. The number of methoxy groups -OCH3 is 1. The van der Waals surface area contributed by atoms with Gasteiger partial charge in [-0.1, -0.05) is 0 Å². The normalized spacial score (nSPS) is 12.8. The highest BCUT2D eigenvalue weighted by Gasteiger charge is 2.07. The van der Waals surface area contributed by atoms with Crippen molar-refractivity contribution >= 4 is 34.2 Å². The third kappa shape index (κ3) is 2.78. The zero-order valence-electron chi connectivity index (χ0n) is 10.3. The summed E-state index contributed by atoms with van der Waals surface area (Å²) in [6.45, 7) is 0.707. The van der Waals surface area contributed by atoms with Crippen LogP contribution in [0.25, 0.3) is 11.2 Å². The highest BCUT2D eigenvalue weighted by atomic mass is 32.2. The number of nitrogens with zero attached hydrogens (tertiary/aromatic N) is 2. The molecule has 98 valence electrons. The maximum absolute atomic E-state index is 11.1. The van der Waals surface area contributed by atoms with Crippen LogP contribution in [0.1, 0.15) is 6.42 Å². The van der Waals surface area contributed by atoms with Crippen molar-refractivity contribution in [1.29, 1.82) is 0 Å². The molecule has 2 aromatic heterocycles. The minimum Gasteiger partial charge on any atom is -0.481 e. The fraction of sp³-hybridized carbons (Fsp3) is 0.455. The van der Waals surface area contributed by atoms with Crippen LogP contribution in [0, 0.1) is 4.77 Å². The SMILES string of the molecule is COc1ccc2[nH]c(=S)n(CCCS(C)=O)c2n1. The van der Waals surface area contributed by atoms with Crippen LogP contribution < -0.4 is 4.74 Å². The van der Waals surface area contributed by atoms with Crippen molar-refractivity contribution in [2.24, 2.45) is 0 Å². The molecule has 0 fully saturated rings. The molecule has 0 aromatic carbocycles. The molecule has 0 spiro atoms.